The van der Waals surface area contributed by atoms with E-state index < -0.39 is 5.91 Å². The van der Waals surface area contributed by atoms with Gasteiger partial charge in [0.1, 0.15) is 17.1 Å². The molecular formula is C17H20N4O3. The zero-order chi connectivity index (χ0) is 16.9. The fourth-order valence-electron chi connectivity index (χ4n) is 2.72. The largest absolute Gasteiger partial charge is 0.360 e. The van der Waals surface area contributed by atoms with Crippen LogP contribution in [0.2, 0.25) is 0 Å². The van der Waals surface area contributed by atoms with Crippen molar-refractivity contribution in [1.29, 1.82) is 0 Å². The van der Waals surface area contributed by atoms with E-state index >= 15 is 0 Å². The van der Waals surface area contributed by atoms with Gasteiger partial charge in [-0.25, -0.2) is 4.98 Å². The first-order valence-electron chi connectivity index (χ1n) is 8.14. The summed E-state index contributed by atoms with van der Waals surface area (Å²) in [5.41, 5.74) is 0.470. The number of nitrogens with zero attached hydrogens (tertiary/aromatic N) is 3. The van der Waals surface area contributed by atoms with E-state index in [4.69, 9.17) is 4.52 Å². The van der Waals surface area contributed by atoms with Crippen molar-refractivity contribution in [2.24, 2.45) is 0 Å². The summed E-state index contributed by atoms with van der Waals surface area (Å²) >= 11 is 0. The molecule has 0 aliphatic carbocycles. The predicted molar refractivity (Wildman–Crippen MR) is 87.8 cm³/mol. The van der Waals surface area contributed by atoms with Gasteiger partial charge >= 0.3 is 0 Å². The normalized spacial score (nSPS) is 15.0. The fraction of sp³-hybridized carbons (Fsp3) is 0.412. The Balaban J connectivity index is 1.73. The number of anilines is 1. The molecule has 2 aromatic rings. The van der Waals surface area contributed by atoms with Crippen LogP contribution in [0, 0.1) is 6.92 Å². The van der Waals surface area contributed by atoms with Crippen molar-refractivity contribution in [2.75, 3.05) is 18.4 Å². The third-order valence-corrected chi connectivity index (χ3v) is 3.96. The molecule has 3 rings (SSSR count). The van der Waals surface area contributed by atoms with Crippen LogP contribution in [0.5, 0.6) is 0 Å². The molecule has 1 fully saturated rings. The SMILES string of the molecule is Cc1cc(NC(=O)c2cccc(C(=O)N3CCCCCC3)n2)no1. The van der Waals surface area contributed by atoms with E-state index in [-0.39, 0.29) is 11.6 Å². The van der Waals surface area contributed by atoms with E-state index in [1.807, 2.05) is 4.90 Å². The van der Waals surface area contributed by atoms with Gasteiger partial charge in [-0.1, -0.05) is 24.1 Å². The van der Waals surface area contributed by atoms with Crippen molar-refractivity contribution < 1.29 is 14.1 Å². The molecule has 0 atom stereocenters. The molecule has 7 nitrogen and oxygen atoms in total. The van der Waals surface area contributed by atoms with E-state index in [2.05, 4.69) is 15.5 Å². The minimum Gasteiger partial charge on any atom is -0.360 e. The molecule has 0 unspecified atom stereocenters. The molecule has 1 aliphatic rings. The monoisotopic (exact) mass is 328 g/mol. The number of aryl methyl sites for hydroxylation is 1. The number of hydrogen-bond acceptors (Lipinski definition) is 5. The second-order valence-corrected chi connectivity index (χ2v) is 5.89. The summed E-state index contributed by atoms with van der Waals surface area (Å²) in [5.74, 6) is 0.379. The lowest BCUT2D eigenvalue weighted by Crippen LogP contribution is -2.32. The lowest BCUT2D eigenvalue weighted by molar-refractivity contribution is 0.0755. The molecule has 1 saturated heterocycles. The number of pyridine rings is 1. The van der Waals surface area contributed by atoms with Crippen molar-refractivity contribution in [1.82, 2.24) is 15.0 Å². The van der Waals surface area contributed by atoms with Crippen LogP contribution < -0.4 is 5.32 Å². The molecule has 1 aliphatic heterocycles. The fourth-order valence-corrected chi connectivity index (χ4v) is 2.72. The molecule has 0 aromatic carbocycles. The van der Waals surface area contributed by atoms with Crippen LogP contribution in [0.1, 0.15) is 52.4 Å². The van der Waals surface area contributed by atoms with Crippen LogP contribution in [0.15, 0.2) is 28.8 Å². The predicted octanol–water partition coefficient (Wildman–Crippen LogP) is 2.65. The Morgan fingerprint density at radius 1 is 1.12 bits per heavy atom. The molecule has 1 N–H and O–H groups in total. The summed E-state index contributed by atoms with van der Waals surface area (Å²) < 4.78 is 4.91. The zero-order valence-electron chi connectivity index (χ0n) is 13.6. The molecule has 0 spiro atoms. The van der Waals surface area contributed by atoms with E-state index in [0.29, 0.717) is 17.3 Å². The molecule has 126 valence electrons. The summed E-state index contributed by atoms with van der Waals surface area (Å²) in [5, 5.41) is 6.32. The second kappa shape index (κ2) is 7.25. The smallest absolute Gasteiger partial charge is 0.275 e. The first-order valence-corrected chi connectivity index (χ1v) is 8.14. The molecule has 0 saturated carbocycles. The highest BCUT2D eigenvalue weighted by atomic mass is 16.5. The average molecular weight is 328 g/mol. The van der Waals surface area contributed by atoms with Gasteiger partial charge in [-0.15, -0.1) is 0 Å². The van der Waals surface area contributed by atoms with Gasteiger partial charge in [-0.3, -0.25) is 9.59 Å². The highest BCUT2D eigenvalue weighted by molar-refractivity contribution is 6.03. The van der Waals surface area contributed by atoms with E-state index in [1.54, 1.807) is 31.2 Å². The van der Waals surface area contributed by atoms with Crippen LogP contribution >= 0.6 is 0 Å². The van der Waals surface area contributed by atoms with Crippen molar-refractivity contribution in [3.63, 3.8) is 0 Å². The Morgan fingerprint density at radius 2 is 1.83 bits per heavy atom. The average Bonchev–Trinajstić information content (AvgIpc) is 2.84. The van der Waals surface area contributed by atoms with Crippen LogP contribution in [-0.4, -0.2) is 39.9 Å². The lowest BCUT2D eigenvalue weighted by atomic mass is 10.2. The summed E-state index contributed by atoms with van der Waals surface area (Å²) in [6.07, 6.45) is 4.32. The number of carbonyl (C=O) groups excluding carboxylic acids is 2. The van der Waals surface area contributed by atoms with E-state index in [9.17, 15) is 9.59 Å². The van der Waals surface area contributed by atoms with Crippen LogP contribution in [0.3, 0.4) is 0 Å². The Bertz CT molecular complexity index is 733. The van der Waals surface area contributed by atoms with Crippen molar-refractivity contribution in [2.45, 2.75) is 32.6 Å². The molecular weight excluding hydrogens is 308 g/mol. The topological polar surface area (TPSA) is 88.3 Å². The first kappa shape index (κ1) is 16.2. The maximum absolute atomic E-state index is 12.6. The minimum absolute atomic E-state index is 0.121. The van der Waals surface area contributed by atoms with Crippen LogP contribution in [-0.2, 0) is 0 Å². The Morgan fingerprint density at radius 3 is 2.50 bits per heavy atom. The number of carbonyl (C=O) groups is 2. The molecule has 0 radical (unpaired) electrons. The highest BCUT2D eigenvalue weighted by Gasteiger charge is 2.20. The molecule has 2 aromatic heterocycles. The molecule has 0 bridgehead atoms. The summed E-state index contributed by atoms with van der Waals surface area (Å²) in [7, 11) is 0. The van der Waals surface area contributed by atoms with Gasteiger partial charge < -0.3 is 14.7 Å². The lowest BCUT2D eigenvalue weighted by Gasteiger charge is -2.19. The number of nitrogens with one attached hydrogen (secondary N) is 1. The number of amides is 2. The van der Waals surface area contributed by atoms with Gasteiger partial charge in [0.2, 0.25) is 0 Å². The van der Waals surface area contributed by atoms with Gasteiger partial charge in [0.25, 0.3) is 11.8 Å². The highest BCUT2D eigenvalue weighted by Crippen LogP contribution is 2.13. The number of likely N-dealkylation sites (tertiary alicyclic amines) is 1. The second-order valence-electron chi connectivity index (χ2n) is 5.89. The molecule has 24 heavy (non-hydrogen) atoms. The first-order chi connectivity index (χ1) is 11.6. The van der Waals surface area contributed by atoms with Gasteiger partial charge in [-0.05, 0) is 31.9 Å². The summed E-state index contributed by atoms with van der Waals surface area (Å²) in [4.78, 5) is 30.9. The summed E-state index contributed by atoms with van der Waals surface area (Å²) in [6.45, 7) is 3.23. The minimum atomic E-state index is -0.422. The standard InChI is InChI=1S/C17H20N4O3/c1-12-11-15(20-24-12)19-16(22)13-7-6-8-14(18-13)17(23)21-9-4-2-3-5-10-21/h6-8,11H,2-5,9-10H2,1H3,(H,19,20,22). The number of aromatic nitrogens is 2. The zero-order valence-corrected chi connectivity index (χ0v) is 13.6. The molecule has 3 heterocycles. The maximum Gasteiger partial charge on any atom is 0.275 e. The molecule has 7 heteroatoms. The van der Waals surface area contributed by atoms with Gasteiger partial charge in [-0.2, -0.15) is 0 Å². The number of hydrogen-bond donors (Lipinski definition) is 1. The quantitative estimate of drug-likeness (QED) is 0.935. The third-order valence-electron chi connectivity index (χ3n) is 3.96. The van der Waals surface area contributed by atoms with Gasteiger partial charge in [0.15, 0.2) is 5.82 Å². The Hall–Kier alpha value is -2.70. The summed E-state index contributed by atoms with van der Waals surface area (Å²) in [6, 6.07) is 6.50. The van der Waals surface area contributed by atoms with Crippen molar-refractivity contribution in [3.05, 3.63) is 41.4 Å². The maximum atomic E-state index is 12.6. The third kappa shape index (κ3) is 3.79. The van der Waals surface area contributed by atoms with E-state index in [1.165, 1.54) is 0 Å². The van der Waals surface area contributed by atoms with Gasteiger partial charge in [0.05, 0.1) is 0 Å². The molecule has 2 amide bonds. The van der Waals surface area contributed by atoms with Crippen LogP contribution in [0.4, 0.5) is 5.82 Å². The van der Waals surface area contributed by atoms with Crippen LogP contribution in [0.25, 0.3) is 0 Å². The Kier molecular flexibility index (Phi) is 4.88. The number of rotatable bonds is 3. The van der Waals surface area contributed by atoms with Gasteiger partial charge in [0, 0.05) is 19.2 Å². The Labute approximate surface area is 140 Å². The van der Waals surface area contributed by atoms with E-state index in [0.717, 1.165) is 38.8 Å². The van der Waals surface area contributed by atoms with Crippen molar-refractivity contribution >= 4 is 17.6 Å². The van der Waals surface area contributed by atoms with Crippen molar-refractivity contribution in [3.8, 4) is 0 Å².